The van der Waals surface area contributed by atoms with E-state index in [0.29, 0.717) is 5.92 Å². The van der Waals surface area contributed by atoms with Crippen LogP contribution < -0.4 is 4.68 Å². The highest BCUT2D eigenvalue weighted by molar-refractivity contribution is 5.68. The fourth-order valence-corrected chi connectivity index (χ4v) is 1.77. The molecule has 1 heterocycles. The van der Waals surface area contributed by atoms with E-state index in [4.69, 9.17) is 0 Å². The standard InChI is InChI=1S/C14H18N4O/c1-11(2)9-17-12(3)18(16-15-17)10-14(19)13-7-5-4-6-8-13/h4-8,10-11H,9H2,1-3H3/p+1/b14-10-. The quantitative estimate of drug-likeness (QED) is 0.675. The van der Waals surface area contributed by atoms with Crippen molar-refractivity contribution in [2.45, 2.75) is 27.3 Å². The Morgan fingerprint density at radius 3 is 2.68 bits per heavy atom. The van der Waals surface area contributed by atoms with Crippen LogP contribution in [-0.2, 0) is 6.54 Å². The Hall–Kier alpha value is -2.17. The minimum atomic E-state index is 0.172. The number of rotatable bonds is 4. The maximum absolute atomic E-state index is 10.1. The number of hydrogen-bond acceptors (Lipinski definition) is 3. The minimum Gasteiger partial charge on any atom is -0.504 e. The Bertz CT molecular complexity index is 572. The summed E-state index contributed by atoms with van der Waals surface area (Å²) in [6.45, 7) is 6.99. The predicted molar refractivity (Wildman–Crippen MR) is 73.0 cm³/mol. The van der Waals surface area contributed by atoms with Crippen molar-refractivity contribution in [3.05, 3.63) is 41.7 Å². The van der Waals surface area contributed by atoms with Gasteiger partial charge in [0.1, 0.15) is 5.21 Å². The molecule has 0 unspecified atom stereocenters. The van der Waals surface area contributed by atoms with Crippen molar-refractivity contribution in [2.24, 2.45) is 5.92 Å². The van der Waals surface area contributed by atoms with Gasteiger partial charge in [-0.3, -0.25) is 0 Å². The lowest BCUT2D eigenvalue weighted by molar-refractivity contribution is -0.764. The fourth-order valence-electron chi connectivity index (χ4n) is 1.77. The molecule has 2 rings (SSSR count). The largest absolute Gasteiger partial charge is 0.504 e. The number of nitrogens with zero attached hydrogens (tertiary/aromatic N) is 4. The summed E-state index contributed by atoms with van der Waals surface area (Å²) in [5, 5.41) is 18.2. The monoisotopic (exact) mass is 259 g/mol. The Morgan fingerprint density at radius 2 is 2.05 bits per heavy atom. The van der Waals surface area contributed by atoms with E-state index in [1.165, 1.54) is 0 Å². The summed E-state index contributed by atoms with van der Waals surface area (Å²) in [6, 6.07) is 9.37. The third-order valence-electron chi connectivity index (χ3n) is 2.80. The van der Waals surface area contributed by atoms with Crippen molar-refractivity contribution >= 4 is 12.0 Å². The molecule has 0 saturated heterocycles. The second-order valence-corrected chi connectivity index (χ2v) is 4.93. The molecule has 1 N–H and O–H groups in total. The SMILES string of the molecule is Cc1n(/C=C(\O)c2ccccc2)nn[n+]1CC(C)C. The summed E-state index contributed by atoms with van der Waals surface area (Å²) in [5.74, 6) is 1.56. The molecule has 0 radical (unpaired) electrons. The zero-order valence-corrected chi connectivity index (χ0v) is 11.5. The van der Waals surface area contributed by atoms with E-state index in [1.807, 2.05) is 41.9 Å². The Morgan fingerprint density at radius 1 is 1.37 bits per heavy atom. The first-order valence-corrected chi connectivity index (χ1v) is 6.36. The molecule has 0 bridgehead atoms. The van der Waals surface area contributed by atoms with Gasteiger partial charge in [0.25, 0.3) is 5.82 Å². The van der Waals surface area contributed by atoms with Gasteiger partial charge >= 0.3 is 0 Å². The number of tetrazole rings is 1. The molecule has 1 aromatic heterocycles. The summed E-state index contributed by atoms with van der Waals surface area (Å²) < 4.78 is 3.42. The predicted octanol–water partition coefficient (Wildman–Crippen LogP) is 2.04. The van der Waals surface area contributed by atoms with Gasteiger partial charge in [0, 0.05) is 12.5 Å². The van der Waals surface area contributed by atoms with Crippen molar-refractivity contribution < 1.29 is 9.79 Å². The number of hydrogen-bond donors (Lipinski definition) is 1. The van der Waals surface area contributed by atoms with Gasteiger partial charge in [0.2, 0.25) is 0 Å². The van der Waals surface area contributed by atoms with Gasteiger partial charge in [-0.25, -0.2) is 0 Å². The third-order valence-corrected chi connectivity index (χ3v) is 2.80. The Labute approximate surface area is 112 Å². The van der Waals surface area contributed by atoms with Crippen LogP contribution in [0.5, 0.6) is 0 Å². The molecule has 5 nitrogen and oxygen atoms in total. The average molecular weight is 259 g/mol. The summed E-state index contributed by atoms with van der Waals surface area (Å²) in [5.41, 5.74) is 0.757. The van der Waals surface area contributed by atoms with Crippen LogP contribution in [0.15, 0.2) is 30.3 Å². The van der Waals surface area contributed by atoms with Gasteiger partial charge in [-0.05, 0) is 5.92 Å². The summed E-state index contributed by atoms with van der Waals surface area (Å²) >= 11 is 0. The van der Waals surface area contributed by atoms with Crippen LogP contribution in [-0.4, -0.2) is 20.2 Å². The van der Waals surface area contributed by atoms with Crippen LogP contribution in [0, 0.1) is 12.8 Å². The van der Waals surface area contributed by atoms with Crippen LogP contribution in [0.25, 0.3) is 12.0 Å². The highest BCUT2D eigenvalue weighted by Gasteiger charge is 2.16. The molecule has 0 atom stereocenters. The average Bonchev–Trinajstić information content (AvgIpc) is 2.72. The summed E-state index contributed by atoms with van der Waals surface area (Å²) in [4.78, 5) is 0. The van der Waals surface area contributed by atoms with Crippen LogP contribution in [0.3, 0.4) is 0 Å². The molecular formula is C14H19N4O+. The maximum Gasteiger partial charge on any atom is 0.259 e. The number of benzene rings is 1. The van der Waals surface area contributed by atoms with E-state index >= 15 is 0 Å². The van der Waals surface area contributed by atoms with Gasteiger partial charge in [-0.1, -0.05) is 48.9 Å². The van der Waals surface area contributed by atoms with E-state index < -0.39 is 0 Å². The summed E-state index contributed by atoms with van der Waals surface area (Å²) in [6.07, 6.45) is 1.58. The van der Waals surface area contributed by atoms with Crippen molar-refractivity contribution in [2.75, 3.05) is 0 Å². The third kappa shape index (κ3) is 3.19. The molecule has 2 aromatic rings. The lowest BCUT2D eigenvalue weighted by atomic mass is 10.2. The zero-order chi connectivity index (χ0) is 13.8. The molecule has 1 aromatic carbocycles. The van der Waals surface area contributed by atoms with E-state index in [2.05, 4.69) is 24.3 Å². The molecule has 0 amide bonds. The first kappa shape index (κ1) is 13.3. The molecule has 0 aliphatic heterocycles. The van der Waals surface area contributed by atoms with Gasteiger partial charge in [-0.2, -0.15) is 0 Å². The van der Waals surface area contributed by atoms with Crippen molar-refractivity contribution in [3.8, 4) is 0 Å². The molecule has 19 heavy (non-hydrogen) atoms. The number of aromatic nitrogens is 4. The normalized spacial score (nSPS) is 12.1. The van der Waals surface area contributed by atoms with Gasteiger partial charge in [0.15, 0.2) is 17.2 Å². The molecule has 0 aliphatic carbocycles. The van der Waals surface area contributed by atoms with E-state index in [9.17, 15) is 5.11 Å². The number of aliphatic hydroxyl groups excluding tert-OH is 1. The van der Waals surface area contributed by atoms with Crippen LogP contribution in [0.1, 0.15) is 25.2 Å². The minimum absolute atomic E-state index is 0.172. The second kappa shape index (κ2) is 5.65. The maximum atomic E-state index is 10.1. The fraction of sp³-hybridized carbons (Fsp3) is 0.357. The second-order valence-electron chi connectivity index (χ2n) is 4.93. The Kier molecular flexibility index (Phi) is 3.94. The van der Waals surface area contributed by atoms with E-state index in [1.54, 1.807) is 10.9 Å². The molecule has 5 heteroatoms. The van der Waals surface area contributed by atoms with Crippen molar-refractivity contribution in [1.29, 1.82) is 0 Å². The van der Waals surface area contributed by atoms with Crippen molar-refractivity contribution in [1.82, 2.24) is 15.1 Å². The first-order chi connectivity index (χ1) is 9.08. The molecule has 0 fully saturated rings. The highest BCUT2D eigenvalue weighted by Crippen LogP contribution is 2.11. The first-order valence-electron chi connectivity index (χ1n) is 6.36. The topological polar surface area (TPSA) is 54.8 Å². The number of aliphatic hydroxyl groups is 1. The highest BCUT2D eigenvalue weighted by atomic mass is 16.3. The zero-order valence-electron chi connectivity index (χ0n) is 11.5. The smallest absolute Gasteiger partial charge is 0.259 e. The van der Waals surface area contributed by atoms with Crippen LogP contribution >= 0.6 is 0 Å². The van der Waals surface area contributed by atoms with E-state index in [0.717, 1.165) is 17.9 Å². The van der Waals surface area contributed by atoms with Gasteiger partial charge in [0.05, 0.1) is 6.54 Å². The van der Waals surface area contributed by atoms with Crippen LogP contribution in [0.2, 0.25) is 0 Å². The molecule has 0 aliphatic rings. The van der Waals surface area contributed by atoms with E-state index in [-0.39, 0.29) is 5.76 Å². The van der Waals surface area contributed by atoms with Gasteiger partial charge in [-0.15, -0.1) is 4.68 Å². The Balaban J connectivity index is 2.26. The van der Waals surface area contributed by atoms with Crippen molar-refractivity contribution in [3.63, 3.8) is 0 Å². The lowest BCUT2D eigenvalue weighted by Gasteiger charge is -1.99. The molecular weight excluding hydrogens is 240 g/mol. The molecule has 0 saturated carbocycles. The van der Waals surface area contributed by atoms with Crippen LogP contribution in [0.4, 0.5) is 0 Å². The van der Waals surface area contributed by atoms with Gasteiger partial charge < -0.3 is 5.11 Å². The molecule has 100 valence electrons. The molecule has 0 spiro atoms. The lowest BCUT2D eigenvalue weighted by Crippen LogP contribution is -2.41. The summed E-state index contributed by atoms with van der Waals surface area (Å²) in [7, 11) is 0.